The van der Waals surface area contributed by atoms with E-state index in [4.69, 9.17) is 9.05 Å². The quantitative estimate of drug-likeness (QED) is 0.453. The molecule has 162 valence electrons. The molecule has 1 amide bonds. The Labute approximate surface area is 186 Å². The molecule has 4 aromatic rings. The fraction of sp³-hybridized carbons (Fsp3) is 0.280. The number of amides is 1. The molecule has 0 aliphatic carbocycles. The summed E-state index contributed by atoms with van der Waals surface area (Å²) in [5, 5.41) is 8.14. The van der Waals surface area contributed by atoms with E-state index >= 15 is 0 Å². The van der Waals surface area contributed by atoms with Gasteiger partial charge < -0.3 is 13.9 Å². The maximum Gasteiger partial charge on any atom is 0.276 e. The Morgan fingerprint density at radius 1 is 0.875 bits per heavy atom. The maximum absolute atomic E-state index is 12.9. The first-order valence-electron chi connectivity index (χ1n) is 10.8. The van der Waals surface area contributed by atoms with Crippen LogP contribution in [0.1, 0.15) is 46.3 Å². The van der Waals surface area contributed by atoms with Crippen LogP contribution in [0.25, 0.3) is 22.7 Å². The van der Waals surface area contributed by atoms with Gasteiger partial charge in [0.05, 0.1) is 0 Å². The summed E-state index contributed by atoms with van der Waals surface area (Å²) in [4.78, 5) is 19.3. The highest BCUT2D eigenvalue weighted by atomic mass is 16.5. The van der Waals surface area contributed by atoms with Crippen molar-refractivity contribution in [2.24, 2.45) is 0 Å². The number of hydrogen-bond acceptors (Lipinski definition) is 6. The summed E-state index contributed by atoms with van der Waals surface area (Å²) < 4.78 is 11.0. The van der Waals surface area contributed by atoms with E-state index in [9.17, 15) is 4.79 Å². The summed E-state index contributed by atoms with van der Waals surface area (Å²) in [7, 11) is 0. The summed E-state index contributed by atoms with van der Waals surface area (Å²) in [5.41, 5.74) is 4.53. The van der Waals surface area contributed by atoms with Crippen LogP contribution in [0.4, 0.5) is 0 Å². The highest BCUT2D eigenvalue weighted by Gasteiger charge is 2.29. The molecule has 1 aliphatic heterocycles. The van der Waals surface area contributed by atoms with Gasteiger partial charge in [0.1, 0.15) is 0 Å². The lowest BCUT2D eigenvalue weighted by atomic mass is 9.96. The molecule has 0 atom stereocenters. The Morgan fingerprint density at radius 2 is 1.50 bits per heavy atom. The number of benzene rings is 2. The van der Waals surface area contributed by atoms with Gasteiger partial charge in [-0.3, -0.25) is 4.79 Å². The summed E-state index contributed by atoms with van der Waals surface area (Å²) in [6, 6.07) is 17.7. The topological polar surface area (TPSA) is 85.3 Å². The molecule has 7 heteroatoms. The van der Waals surface area contributed by atoms with Crippen LogP contribution in [0.5, 0.6) is 0 Å². The summed E-state index contributed by atoms with van der Waals surface area (Å²) in [5.74, 6) is 1.86. The van der Waals surface area contributed by atoms with E-state index in [1.807, 2.05) is 67.3 Å². The first kappa shape index (κ1) is 20.2. The molecule has 5 rings (SSSR count). The fourth-order valence-corrected chi connectivity index (χ4v) is 3.94. The number of hydrogen-bond donors (Lipinski definition) is 0. The molecule has 0 saturated carbocycles. The molecule has 2 aromatic carbocycles. The molecular formula is C25H24N4O3. The number of rotatable bonds is 4. The van der Waals surface area contributed by atoms with Crippen LogP contribution in [-0.2, 0) is 0 Å². The van der Waals surface area contributed by atoms with Gasteiger partial charge in [-0.05, 0) is 26.7 Å². The van der Waals surface area contributed by atoms with Crippen molar-refractivity contribution in [3.05, 3.63) is 77.3 Å². The van der Waals surface area contributed by atoms with Crippen molar-refractivity contribution in [1.29, 1.82) is 0 Å². The van der Waals surface area contributed by atoms with Gasteiger partial charge in [0.15, 0.2) is 11.5 Å². The van der Waals surface area contributed by atoms with E-state index in [1.165, 1.54) is 11.1 Å². The lowest BCUT2D eigenvalue weighted by Gasteiger charge is -2.29. The first-order valence-corrected chi connectivity index (χ1v) is 10.8. The Bertz CT molecular complexity index is 1220. The van der Waals surface area contributed by atoms with Gasteiger partial charge in [-0.25, -0.2) is 0 Å². The predicted molar refractivity (Wildman–Crippen MR) is 119 cm³/mol. The van der Waals surface area contributed by atoms with Gasteiger partial charge in [-0.2, -0.15) is 4.98 Å². The third kappa shape index (κ3) is 4.06. The number of piperidine rings is 1. The Kier molecular flexibility index (Phi) is 5.31. The molecule has 0 bridgehead atoms. The van der Waals surface area contributed by atoms with E-state index in [0.717, 1.165) is 24.0 Å². The predicted octanol–water partition coefficient (Wildman–Crippen LogP) is 5.03. The Hall–Kier alpha value is -3.74. The third-order valence-corrected chi connectivity index (χ3v) is 5.95. The normalized spacial score (nSPS) is 14.6. The molecule has 0 unspecified atom stereocenters. The zero-order valence-electron chi connectivity index (χ0n) is 18.1. The second-order valence-corrected chi connectivity index (χ2v) is 8.33. The van der Waals surface area contributed by atoms with Gasteiger partial charge in [-0.1, -0.05) is 70.0 Å². The highest BCUT2D eigenvalue weighted by Crippen LogP contribution is 2.29. The van der Waals surface area contributed by atoms with Crippen molar-refractivity contribution in [1.82, 2.24) is 20.2 Å². The largest absolute Gasteiger partial charge is 0.355 e. The zero-order valence-corrected chi connectivity index (χ0v) is 18.1. The lowest BCUT2D eigenvalue weighted by Crippen LogP contribution is -2.38. The molecule has 1 saturated heterocycles. The minimum atomic E-state index is -0.114. The molecule has 32 heavy (non-hydrogen) atoms. The number of likely N-dealkylation sites (tertiary alicyclic amines) is 1. The van der Waals surface area contributed by atoms with Crippen LogP contribution in [0.15, 0.2) is 63.6 Å². The molecule has 7 nitrogen and oxygen atoms in total. The van der Waals surface area contributed by atoms with Crippen LogP contribution in [-0.4, -0.2) is 39.2 Å². The first-order chi connectivity index (χ1) is 15.6. The number of aryl methyl sites for hydroxylation is 2. The van der Waals surface area contributed by atoms with Gasteiger partial charge in [0, 0.05) is 36.2 Å². The molecule has 0 radical (unpaired) electrons. The van der Waals surface area contributed by atoms with E-state index < -0.39 is 0 Å². The van der Waals surface area contributed by atoms with E-state index in [1.54, 1.807) is 6.07 Å². The van der Waals surface area contributed by atoms with Crippen LogP contribution in [0.3, 0.4) is 0 Å². The van der Waals surface area contributed by atoms with Crippen LogP contribution in [0, 0.1) is 13.8 Å². The average molecular weight is 428 g/mol. The smallest absolute Gasteiger partial charge is 0.276 e. The zero-order chi connectivity index (χ0) is 22.1. The minimum Gasteiger partial charge on any atom is -0.355 e. The van der Waals surface area contributed by atoms with Crippen molar-refractivity contribution >= 4 is 5.91 Å². The number of nitrogens with zero attached hydrogens (tertiary/aromatic N) is 4. The molecule has 3 heterocycles. The van der Waals surface area contributed by atoms with Crippen molar-refractivity contribution in [3.63, 3.8) is 0 Å². The molecule has 1 fully saturated rings. The van der Waals surface area contributed by atoms with E-state index in [2.05, 4.69) is 15.3 Å². The second kappa shape index (κ2) is 8.42. The SMILES string of the molecule is Cc1ccc(-c2noc(C3CCN(C(=O)c4cc(-c5ccc(C)cc5)on4)CC3)n2)cc1. The highest BCUT2D eigenvalue weighted by molar-refractivity contribution is 5.93. The standard InChI is InChI=1S/C25H24N4O3/c1-16-3-7-18(8-4-16)22-15-21(27-31-22)25(30)29-13-11-20(12-14-29)24-26-23(28-32-24)19-9-5-17(2)6-10-19/h3-10,15,20H,11-14H2,1-2H3. The number of carbonyl (C=O) groups excluding carboxylic acids is 1. The third-order valence-electron chi connectivity index (χ3n) is 5.95. The molecule has 0 spiro atoms. The van der Waals surface area contributed by atoms with E-state index in [-0.39, 0.29) is 11.8 Å². The molecule has 2 aromatic heterocycles. The van der Waals surface area contributed by atoms with E-state index in [0.29, 0.717) is 36.3 Å². The minimum absolute atomic E-state index is 0.114. The second-order valence-electron chi connectivity index (χ2n) is 8.33. The van der Waals surface area contributed by atoms with Gasteiger partial charge >= 0.3 is 0 Å². The van der Waals surface area contributed by atoms with Gasteiger partial charge in [0.2, 0.25) is 11.7 Å². The summed E-state index contributed by atoms with van der Waals surface area (Å²) in [6.07, 6.45) is 1.54. The van der Waals surface area contributed by atoms with Crippen LogP contribution < -0.4 is 0 Å². The fourth-order valence-electron chi connectivity index (χ4n) is 3.94. The summed E-state index contributed by atoms with van der Waals surface area (Å²) in [6.45, 7) is 5.29. The lowest BCUT2D eigenvalue weighted by molar-refractivity contribution is 0.0694. The molecule has 1 aliphatic rings. The van der Waals surface area contributed by atoms with Crippen molar-refractivity contribution < 1.29 is 13.8 Å². The Balaban J connectivity index is 1.22. The van der Waals surface area contributed by atoms with Crippen molar-refractivity contribution in [3.8, 4) is 22.7 Å². The average Bonchev–Trinajstić information content (AvgIpc) is 3.50. The van der Waals surface area contributed by atoms with Gasteiger partial charge in [0.25, 0.3) is 5.91 Å². The van der Waals surface area contributed by atoms with Crippen LogP contribution >= 0.6 is 0 Å². The van der Waals surface area contributed by atoms with Crippen molar-refractivity contribution in [2.45, 2.75) is 32.6 Å². The summed E-state index contributed by atoms with van der Waals surface area (Å²) >= 11 is 0. The molecule has 0 N–H and O–H groups in total. The molecular weight excluding hydrogens is 404 g/mol. The maximum atomic E-state index is 12.9. The van der Waals surface area contributed by atoms with Gasteiger partial charge in [-0.15, -0.1) is 0 Å². The van der Waals surface area contributed by atoms with Crippen molar-refractivity contribution in [2.75, 3.05) is 13.1 Å². The number of aromatic nitrogens is 3. The van der Waals surface area contributed by atoms with Crippen LogP contribution in [0.2, 0.25) is 0 Å². The number of carbonyl (C=O) groups is 1. The Morgan fingerprint density at radius 3 is 2.16 bits per heavy atom. The monoisotopic (exact) mass is 428 g/mol.